The molecule has 2 aliphatic heterocycles. The van der Waals surface area contributed by atoms with Crippen LogP contribution in [0.1, 0.15) is 12.8 Å². The van der Waals surface area contributed by atoms with Gasteiger partial charge in [0.05, 0.1) is 11.9 Å². The van der Waals surface area contributed by atoms with Gasteiger partial charge in [-0.25, -0.2) is 15.0 Å². The Kier molecular flexibility index (Phi) is 5.11. The predicted molar refractivity (Wildman–Crippen MR) is 94.3 cm³/mol. The van der Waals surface area contributed by atoms with E-state index in [1.165, 1.54) is 6.33 Å². The van der Waals surface area contributed by atoms with Crippen LogP contribution >= 0.6 is 0 Å². The van der Waals surface area contributed by atoms with Crippen LogP contribution in [0.3, 0.4) is 0 Å². The molecule has 2 N–H and O–H groups in total. The van der Waals surface area contributed by atoms with Gasteiger partial charge in [-0.05, 0) is 18.9 Å². The quantitative estimate of drug-likeness (QED) is 0.553. The molecule has 29 heavy (non-hydrogen) atoms. The van der Waals surface area contributed by atoms with Crippen molar-refractivity contribution >= 4 is 16.9 Å². The third-order valence-corrected chi connectivity index (χ3v) is 5.43. The zero-order chi connectivity index (χ0) is 20.8. The van der Waals surface area contributed by atoms with E-state index in [0.717, 1.165) is 36.2 Å². The van der Waals surface area contributed by atoms with Gasteiger partial charge in [0.1, 0.15) is 24.3 Å². The molecule has 2 aromatic heterocycles. The van der Waals surface area contributed by atoms with E-state index in [1.807, 2.05) is 18.1 Å². The van der Waals surface area contributed by atoms with E-state index in [0.29, 0.717) is 6.54 Å². The molecule has 2 aromatic rings. The van der Waals surface area contributed by atoms with E-state index >= 15 is 0 Å². The van der Waals surface area contributed by atoms with Crippen molar-refractivity contribution in [3.8, 4) is 0 Å². The Labute approximate surface area is 163 Å². The average molecular weight is 420 g/mol. The first kappa shape index (κ1) is 20.2. The molecule has 2 saturated heterocycles. The Morgan fingerprint density at radius 2 is 2.10 bits per heavy atom. The number of piperidine rings is 1. The summed E-state index contributed by atoms with van der Waals surface area (Å²) < 4.78 is 68.4. The maximum absolute atomic E-state index is 13.1. The third-order valence-electron chi connectivity index (χ3n) is 5.43. The number of aromatic amines is 1. The number of halogens is 5. The molecular weight excluding hydrogens is 399 g/mol. The smallest absolute Gasteiger partial charge is 0.353 e. The summed E-state index contributed by atoms with van der Waals surface area (Å²) in [5, 5.41) is 7.07. The number of nitrogens with zero attached hydrogens (tertiary/aromatic N) is 4. The monoisotopic (exact) mass is 420 g/mol. The van der Waals surface area contributed by atoms with Gasteiger partial charge in [-0.2, -0.15) is 22.0 Å². The molecule has 0 radical (unpaired) electrons. The Balaban J connectivity index is 1.35. The summed E-state index contributed by atoms with van der Waals surface area (Å²) in [5.41, 5.74) is 0.718. The van der Waals surface area contributed by atoms with Crippen molar-refractivity contribution in [1.82, 2.24) is 25.3 Å². The molecule has 0 saturated carbocycles. The van der Waals surface area contributed by atoms with Crippen molar-refractivity contribution in [2.24, 2.45) is 5.92 Å². The zero-order valence-electron chi connectivity index (χ0n) is 15.6. The van der Waals surface area contributed by atoms with Crippen LogP contribution in [0, 0.1) is 5.92 Å². The lowest BCUT2D eigenvalue weighted by Gasteiger charge is -2.38. The number of H-pyrrole nitrogens is 1. The summed E-state index contributed by atoms with van der Waals surface area (Å²) >= 11 is 0. The molecule has 12 heteroatoms. The lowest BCUT2D eigenvalue weighted by Crippen LogP contribution is -2.49. The predicted octanol–water partition coefficient (Wildman–Crippen LogP) is 2.53. The first-order valence-electron chi connectivity index (χ1n) is 9.27. The fourth-order valence-corrected chi connectivity index (χ4v) is 3.76. The van der Waals surface area contributed by atoms with E-state index in [-0.39, 0.29) is 12.0 Å². The highest BCUT2D eigenvalue weighted by Gasteiger charge is 2.58. The van der Waals surface area contributed by atoms with Crippen LogP contribution in [0.2, 0.25) is 0 Å². The van der Waals surface area contributed by atoms with Gasteiger partial charge in [0, 0.05) is 32.3 Å². The van der Waals surface area contributed by atoms with Crippen LogP contribution < -0.4 is 10.3 Å². The number of hydrogen-bond acceptors (Lipinski definition) is 6. The van der Waals surface area contributed by atoms with Gasteiger partial charge in [-0.1, -0.05) is 0 Å². The number of fused-ring (bicyclic) bond motifs is 1. The molecule has 0 spiro atoms. The van der Waals surface area contributed by atoms with E-state index in [4.69, 9.17) is 4.74 Å². The van der Waals surface area contributed by atoms with Crippen LogP contribution in [0.5, 0.6) is 0 Å². The standard InChI is InChI=1S/C17H21F5N6O/c1-27(14-11-4-5-23-13(11)25-9-26-14)28-6-2-3-10(7-28)12-15(29-12)24-8-16(18,19)17(20,21)22/h4-5,9-10,12,15,24H,2-3,6-8H2,1H3,(H,23,25,26). The number of hydrogen-bond donors (Lipinski definition) is 2. The van der Waals surface area contributed by atoms with Gasteiger partial charge in [0.15, 0.2) is 5.82 Å². The third kappa shape index (κ3) is 4.01. The molecule has 0 bridgehead atoms. The van der Waals surface area contributed by atoms with Gasteiger partial charge >= 0.3 is 12.1 Å². The van der Waals surface area contributed by atoms with Gasteiger partial charge in [-0.3, -0.25) is 10.3 Å². The molecule has 160 valence electrons. The largest absolute Gasteiger partial charge is 0.454 e. The highest BCUT2D eigenvalue weighted by atomic mass is 19.4. The summed E-state index contributed by atoms with van der Waals surface area (Å²) in [4.78, 5) is 11.6. The van der Waals surface area contributed by atoms with Crippen molar-refractivity contribution in [2.45, 2.75) is 37.3 Å². The number of epoxide rings is 1. The summed E-state index contributed by atoms with van der Waals surface area (Å²) in [7, 11) is 1.88. The number of alkyl halides is 5. The number of rotatable bonds is 6. The van der Waals surface area contributed by atoms with Gasteiger partial charge in [0.25, 0.3) is 0 Å². The van der Waals surface area contributed by atoms with Gasteiger partial charge < -0.3 is 9.72 Å². The second kappa shape index (κ2) is 7.33. The average Bonchev–Trinajstić information content (AvgIpc) is 3.30. The van der Waals surface area contributed by atoms with E-state index in [1.54, 1.807) is 6.20 Å². The van der Waals surface area contributed by atoms with Crippen LogP contribution in [0.15, 0.2) is 18.6 Å². The molecule has 2 aliphatic rings. The Bertz CT molecular complexity index is 858. The number of anilines is 1. The SMILES string of the molecule is CN(c1ncnc2[nH]ccc12)N1CCCC(C2OC2NCC(F)(F)C(F)(F)F)C1. The van der Waals surface area contributed by atoms with Crippen molar-refractivity contribution in [3.63, 3.8) is 0 Å². The minimum Gasteiger partial charge on any atom is -0.353 e. The zero-order valence-corrected chi connectivity index (χ0v) is 15.6. The summed E-state index contributed by atoms with van der Waals surface area (Å²) in [6.45, 7) is -0.120. The molecule has 7 nitrogen and oxygen atoms in total. The normalized spacial score (nSPS) is 26.1. The van der Waals surface area contributed by atoms with Crippen molar-refractivity contribution in [2.75, 3.05) is 31.7 Å². The fraction of sp³-hybridized carbons (Fsp3) is 0.647. The topological polar surface area (TPSA) is 72.6 Å². The molecule has 0 aliphatic carbocycles. The number of hydrazine groups is 1. The molecule has 3 atom stereocenters. The lowest BCUT2D eigenvalue weighted by molar-refractivity contribution is -0.279. The van der Waals surface area contributed by atoms with Crippen LogP contribution in [-0.4, -0.2) is 71.1 Å². The highest BCUT2D eigenvalue weighted by Crippen LogP contribution is 2.38. The van der Waals surface area contributed by atoms with Gasteiger partial charge in [-0.15, -0.1) is 0 Å². The number of aromatic nitrogens is 3. The molecule has 2 fully saturated rings. The maximum Gasteiger partial charge on any atom is 0.454 e. The van der Waals surface area contributed by atoms with Crippen LogP contribution in [0.25, 0.3) is 11.0 Å². The second-order valence-electron chi connectivity index (χ2n) is 7.38. The van der Waals surface area contributed by atoms with Crippen molar-refractivity contribution < 1.29 is 26.7 Å². The summed E-state index contributed by atoms with van der Waals surface area (Å²) in [5.74, 6) is -4.03. The summed E-state index contributed by atoms with van der Waals surface area (Å²) in [6, 6.07) is 1.88. The minimum absolute atomic E-state index is 0.0201. The first-order chi connectivity index (χ1) is 13.7. The Morgan fingerprint density at radius 3 is 2.86 bits per heavy atom. The summed E-state index contributed by atoms with van der Waals surface area (Å²) in [6.07, 6.45) is -1.83. The van der Waals surface area contributed by atoms with Crippen molar-refractivity contribution in [1.29, 1.82) is 0 Å². The first-order valence-corrected chi connectivity index (χ1v) is 9.27. The molecule has 0 amide bonds. The Morgan fingerprint density at radius 1 is 1.31 bits per heavy atom. The number of nitrogens with one attached hydrogen (secondary N) is 2. The molecule has 3 unspecified atom stereocenters. The Hall–Kier alpha value is -2.05. The molecular formula is C17H21F5N6O. The maximum atomic E-state index is 13.1. The van der Waals surface area contributed by atoms with Crippen LogP contribution in [-0.2, 0) is 4.74 Å². The molecule has 4 rings (SSSR count). The minimum atomic E-state index is -5.57. The fourth-order valence-electron chi connectivity index (χ4n) is 3.76. The highest BCUT2D eigenvalue weighted by molar-refractivity contribution is 5.86. The molecule has 4 heterocycles. The number of ether oxygens (including phenoxy) is 1. The van der Waals surface area contributed by atoms with Crippen molar-refractivity contribution in [3.05, 3.63) is 18.6 Å². The molecule has 0 aromatic carbocycles. The second-order valence-corrected chi connectivity index (χ2v) is 7.38. The van der Waals surface area contributed by atoms with E-state index in [2.05, 4.69) is 25.3 Å². The lowest BCUT2D eigenvalue weighted by atomic mass is 9.95. The van der Waals surface area contributed by atoms with E-state index in [9.17, 15) is 22.0 Å². The van der Waals surface area contributed by atoms with Crippen LogP contribution in [0.4, 0.5) is 27.8 Å². The van der Waals surface area contributed by atoms with E-state index < -0.39 is 24.9 Å². The van der Waals surface area contributed by atoms with Gasteiger partial charge in [0.2, 0.25) is 0 Å².